The Bertz CT molecular complexity index is 1140. The monoisotopic (exact) mass is 434 g/mol. The van der Waals surface area contributed by atoms with Gasteiger partial charge in [-0.2, -0.15) is 5.10 Å². The van der Waals surface area contributed by atoms with Gasteiger partial charge in [0.25, 0.3) is 0 Å². The molecule has 4 aromatic rings. The van der Waals surface area contributed by atoms with Gasteiger partial charge in [0, 0.05) is 23.1 Å². The summed E-state index contributed by atoms with van der Waals surface area (Å²) in [7, 11) is 0. The van der Waals surface area contributed by atoms with Crippen LogP contribution in [0.15, 0.2) is 72.9 Å². The number of hydrogen-bond donors (Lipinski definition) is 2. The Morgan fingerprint density at radius 2 is 1.65 bits per heavy atom. The van der Waals surface area contributed by atoms with E-state index >= 15 is 0 Å². The molecule has 0 fully saturated rings. The van der Waals surface area contributed by atoms with Crippen LogP contribution in [0.3, 0.4) is 0 Å². The van der Waals surface area contributed by atoms with Crippen LogP contribution in [0.25, 0.3) is 11.3 Å². The van der Waals surface area contributed by atoms with Crippen LogP contribution in [-0.4, -0.2) is 21.9 Å². The van der Waals surface area contributed by atoms with E-state index in [0.717, 1.165) is 18.4 Å². The van der Waals surface area contributed by atoms with Crippen molar-refractivity contribution in [3.8, 4) is 34.3 Å². The van der Waals surface area contributed by atoms with Crippen LogP contribution >= 0.6 is 11.6 Å². The maximum Gasteiger partial charge on any atom is 0.173 e. The van der Waals surface area contributed by atoms with E-state index in [1.807, 2.05) is 54.6 Å². The summed E-state index contributed by atoms with van der Waals surface area (Å²) < 4.78 is 11.8. The van der Waals surface area contributed by atoms with Gasteiger partial charge >= 0.3 is 0 Å². The number of benzene rings is 3. The number of phenolic OH excluding ortho intramolecular Hbond substituents is 1. The number of ether oxygens (including phenoxy) is 2. The molecule has 0 spiro atoms. The highest BCUT2D eigenvalue weighted by molar-refractivity contribution is 6.30. The van der Waals surface area contributed by atoms with Gasteiger partial charge in [-0.05, 0) is 53.9 Å². The van der Waals surface area contributed by atoms with Crippen molar-refractivity contribution in [3.05, 3.63) is 89.1 Å². The molecule has 0 unspecified atom stereocenters. The molecule has 2 N–H and O–H groups in total. The third-order valence-electron chi connectivity index (χ3n) is 4.98. The van der Waals surface area contributed by atoms with Crippen LogP contribution in [0.4, 0.5) is 0 Å². The Labute approximate surface area is 186 Å². The van der Waals surface area contributed by atoms with Gasteiger partial charge in [-0.1, -0.05) is 42.8 Å². The van der Waals surface area contributed by atoms with Gasteiger partial charge in [-0.3, -0.25) is 5.10 Å². The first kappa shape index (κ1) is 20.8. The summed E-state index contributed by atoms with van der Waals surface area (Å²) in [6.45, 7) is 2.60. The molecule has 0 saturated carbocycles. The number of aromatic hydroxyl groups is 1. The predicted octanol–water partition coefficient (Wildman–Crippen LogP) is 6.41. The second-order valence-corrected chi connectivity index (χ2v) is 7.55. The molecule has 0 saturated heterocycles. The third-order valence-corrected chi connectivity index (χ3v) is 5.23. The lowest BCUT2D eigenvalue weighted by Gasteiger charge is -2.11. The van der Waals surface area contributed by atoms with E-state index in [0.29, 0.717) is 40.1 Å². The number of halogens is 1. The molecule has 0 aliphatic heterocycles. The molecule has 4 rings (SSSR count). The molecular weight excluding hydrogens is 412 g/mol. The normalized spacial score (nSPS) is 10.8. The van der Waals surface area contributed by atoms with E-state index in [9.17, 15) is 5.11 Å². The molecule has 0 aliphatic rings. The Balaban J connectivity index is 1.43. The molecule has 0 bridgehead atoms. The van der Waals surface area contributed by atoms with E-state index in [-0.39, 0.29) is 5.75 Å². The SMILES string of the molecule is CCc1ccc(Oc2cn[nH]c2-c2ccc(OCCc3ccc(Cl)cc3)cc2O)cc1. The summed E-state index contributed by atoms with van der Waals surface area (Å²) in [5, 5.41) is 18.3. The first-order chi connectivity index (χ1) is 15.1. The molecule has 3 aromatic carbocycles. The van der Waals surface area contributed by atoms with Gasteiger partial charge in [0.15, 0.2) is 5.75 Å². The average molecular weight is 435 g/mol. The lowest BCUT2D eigenvalue weighted by atomic mass is 10.1. The Morgan fingerprint density at radius 1 is 0.935 bits per heavy atom. The fraction of sp³-hybridized carbons (Fsp3) is 0.160. The second-order valence-electron chi connectivity index (χ2n) is 7.11. The van der Waals surface area contributed by atoms with E-state index in [1.54, 1.807) is 18.3 Å². The highest BCUT2D eigenvalue weighted by atomic mass is 35.5. The summed E-state index contributed by atoms with van der Waals surface area (Å²) in [6, 6.07) is 20.8. The zero-order valence-electron chi connectivity index (χ0n) is 17.1. The minimum Gasteiger partial charge on any atom is -0.507 e. The number of rotatable bonds is 8. The summed E-state index contributed by atoms with van der Waals surface area (Å²) in [5.74, 6) is 1.92. The van der Waals surface area contributed by atoms with Crippen LogP contribution in [0.2, 0.25) is 5.02 Å². The quantitative estimate of drug-likeness (QED) is 0.336. The molecule has 5 nitrogen and oxygen atoms in total. The van der Waals surface area contributed by atoms with Gasteiger partial charge in [-0.15, -0.1) is 0 Å². The van der Waals surface area contributed by atoms with Gasteiger partial charge < -0.3 is 14.6 Å². The van der Waals surface area contributed by atoms with Gasteiger partial charge in [0.2, 0.25) is 0 Å². The fourth-order valence-corrected chi connectivity index (χ4v) is 3.34. The smallest absolute Gasteiger partial charge is 0.173 e. The summed E-state index contributed by atoms with van der Waals surface area (Å²) >= 11 is 5.91. The lowest BCUT2D eigenvalue weighted by Crippen LogP contribution is -2.01. The number of nitrogens with one attached hydrogen (secondary N) is 1. The molecule has 6 heteroatoms. The topological polar surface area (TPSA) is 67.4 Å². The Hall–Kier alpha value is -3.44. The number of nitrogens with zero attached hydrogens (tertiary/aromatic N) is 1. The standard InChI is InChI=1S/C25H23ClN2O3/c1-2-17-5-9-20(10-6-17)31-24-16-27-28-25(24)22-12-11-21(15-23(22)29)30-14-13-18-3-7-19(26)8-4-18/h3-12,15-16,29H,2,13-14H2,1H3,(H,27,28). The zero-order chi connectivity index (χ0) is 21.6. The van der Waals surface area contributed by atoms with Crippen molar-refractivity contribution in [1.29, 1.82) is 0 Å². The van der Waals surface area contributed by atoms with Crippen molar-refractivity contribution in [2.45, 2.75) is 19.8 Å². The molecule has 1 heterocycles. The van der Waals surface area contributed by atoms with Crippen LogP contribution in [0.1, 0.15) is 18.1 Å². The molecule has 1 aromatic heterocycles. The van der Waals surface area contributed by atoms with Gasteiger partial charge in [0.05, 0.1) is 12.8 Å². The number of aromatic nitrogens is 2. The molecule has 0 aliphatic carbocycles. The largest absolute Gasteiger partial charge is 0.507 e. The number of aromatic amines is 1. The minimum absolute atomic E-state index is 0.0828. The highest BCUT2D eigenvalue weighted by Gasteiger charge is 2.15. The average Bonchev–Trinajstić information content (AvgIpc) is 3.23. The van der Waals surface area contributed by atoms with E-state index in [2.05, 4.69) is 17.1 Å². The van der Waals surface area contributed by atoms with Crippen LogP contribution in [0.5, 0.6) is 23.0 Å². The van der Waals surface area contributed by atoms with E-state index < -0.39 is 0 Å². The zero-order valence-corrected chi connectivity index (χ0v) is 17.9. The van der Waals surface area contributed by atoms with Crippen molar-refractivity contribution < 1.29 is 14.6 Å². The van der Waals surface area contributed by atoms with Gasteiger partial charge in [0.1, 0.15) is 22.9 Å². The molecule has 0 amide bonds. The first-order valence-corrected chi connectivity index (χ1v) is 10.5. The maximum absolute atomic E-state index is 10.6. The van der Waals surface area contributed by atoms with Crippen molar-refractivity contribution in [2.24, 2.45) is 0 Å². The molecule has 0 atom stereocenters. The van der Waals surface area contributed by atoms with Crippen molar-refractivity contribution >= 4 is 11.6 Å². The van der Waals surface area contributed by atoms with Crippen LogP contribution < -0.4 is 9.47 Å². The number of hydrogen-bond acceptors (Lipinski definition) is 4. The van der Waals surface area contributed by atoms with Gasteiger partial charge in [-0.25, -0.2) is 0 Å². The first-order valence-electron chi connectivity index (χ1n) is 10.1. The van der Waals surface area contributed by atoms with Crippen molar-refractivity contribution in [3.63, 3.8) is 0 Å². The van der Waals surface area contributed by atoms with E-state index in [4.69, 9.17) is 21.1 Å². The molecule has 31 heavy (non-hydrogen) atoms. The number of phenols is 1. The molecular formula is C25H23ClN2O3. The summed E-state index contributed by atoms with van der Waals surface area (Å²) in [4.78, 5) is 0. The highest BCUT2D eigenvalue weighted by Crippen LogP contribution is 2.38. The summed E-state index contributed by atoms with van der Waals surface area (Å²) in [5.41, 5.74) is 3.56. The Morgan fingerprint density at radius 3 is 2.35 bits per heavy atom. The summed E-state index contributed by atoms with van der Waals surface area (Å²) in [6.07, 6.45) is 3.31. The van der Waals surface area contributed by atoms with E-state index in [1.165, 1.54) is 5.56 Å². The lowest BCUT2D eigenvalue weighted by molar-refractivity contribution is 0.320. The maximum atomic E-state index is 10.6. The molecule has 158 valence electrons. The van der Waals surface area contributed by atoms with Crippen molar-refractivity contribution in [1.82, 2.24) is 10.2 Å². The number of H-pyrrole nitrogens is 1. The van der Waals surface area contributed by atoms with Crippen molar-refractivity contribution in [2.75, 3.05) is 6.61 Å². The Kier molecular flexibility index (Phi) is 6.43. The predicted molar refractivity (Wildman–Crippen MR) is 122 cm³/mol. The minimum atomic E-state index is 0.0828. The molecule has 0 radical (unpaired) electrons. The number of aryl methyl sites for hydroxylation is 1. The third kappa shape index (κ3) is 5.19. The fourth-order valence-electron chi connectivity index (χ4n) is 3.22. The van der Waals surface area contributed by atoms with Crippen LogP contribution in [0, 0.1) is 0 Å². The second kappa shape index (κ2) is 9.58. The van der Waals surface area contributed by atoms with Crippen LogP contribution in [-0.2, 0) is 12.8 Å².